The third kappa shape index (κ3) is 4.36. The molecular weight excluding hydrogens is 324 g/mol. The van der Waals surface area contributed by atoms with Crippen LogP contribution in [-0.4, -0.2) is 52.2 Å². The molecular formula is C14H16N2O4S2. The maximum absolute atomic E-state index is 9.10. The summed E-state index contributed by atoms with van der Waals surface area (Å²) in [5.74, 6) is -2.99. The van der Waals surface area contributed by atoms with Crippen molar-refractivity contribution in [3.8, 4) is 10.6 Å². The second kappa shape index (κ2) is 7.48. The van der Waals surface area contributed by atoms with Crippen LogP contribution in [0.15, 0.2) is 22.9 Å². The largest absolute Gasteiger partial charge is 0.473 e. The SMILES string of the molecule is CN1CCC(c2nc(-c3cccs3)cs2)C1.O=C(O)C(=O)O. The molecule has 2 N–H and O–H groups in total. The van der Waals surface area contributed by atoms with Gasteiger partial charge in [0.15, 0.2) is 0 Å². The Morgan fingerprint density at radius 2 is 2.05 bits per heavy atom. The number of hydrogen-bond donors (Lipinski definition) is 2. The zero-order valence-corrected chi connectivity index (χ0v) is 13.6. The van der Waals surface area contributed by atoms with Crippen LogP contribution in [0.1, 0.15) is 17.3 Å². The monoisotopic (exact) mass is 340 g/mol. The van der Waals surface area contributed by atoms with Gasteiger partial charge in [-0.25, -0.2) is 14.6 Å². The molecule has 0 aliphatic carbocycles. The van der Waals surface area contributed by atoms with Crippen molar-refractivity contribution in [2.24, 2.45) is 0 Å². The highest BCUT2D eigenvalue weighted by molar-refractivity contribution is 7.14. The highest BCUT2D eigenvalue weighted by Crippen LogP contribution is 2.32. The minimum absolute atomic E-state index is 0.656. The number of thiophene rings is 1. The summed E-state index contributed by atoms with van der Waals surface area (Å²) in [5.41, 5.74) is 1.16. The van der Waals surface area contributed by atoms with E-state index in [9.17, 15) is 0 Å². The first kappa shape index (κ1) is 16.6. The molecule has 3 rings (SSSR count). The molecule has 1 aliphatic rings. The molecule has 1 unspecified atom stereocenters. The smallest absolute Gasteiger partial charge is 0.414 e. The molecule has 0 radical (unpaired) electrons. The van der Waals surface area contributed by atoms with E-state index >= 15 is 0 Å². The van der Waals surface area contributed by atoms with Gasteiger partial charge in [-0.15, -0.1) is 22.7 Å². The Morgan fingerprint density at radius 1 is 1.32 bits per heavy atom. The van der Waals surface area contributed by atoms with E-state index in [0.717, 1.165) is 12.2 Å². The summed E-state index contributed by atoms with van der Waals surface area (Å²) < 4.78 is 0. The van der Waals surface area contributed by atoms with Gasteiger partial charge in [0.05, 0.1) is 15.6 Å². The molecule has 2 aromatic rings. The van der Waals surface area contributed by atoms with Crippen molar-refractivity contribution in [1.29, 1.82) is 0 Å². The quantitative estimate of drug-likeness (QED) is 0.816. The number of carboxylic acid groups (broad SMARTS) is 2. The number of nitrogens with zero attached hydrogens (tertiary/aromatic N) is 2. The Kier molecular flexibility index (Phi) is 5.64. The number of aliphatic carboxylic acids is 2. The van der Waals surface area contributed by atoms with E-state index in [1.165, 1.54) is 22.9 Å². The second-order valence-electron chi connectivity index (χ2n) is 4.91. The summed E-state index contributed by atoms with van der Waals surface area (Å²) in [6, 6.07) is 4.23. The van der Waals surface area contributed by atoms with Gasteiger partial charge in [-0.1, -0.05) is 6.07 Å². The Balaban J connectivity index is 0.000000254. The Morgan fingerprint density at radius 3 is 2.55 bits per heavy atom. The zero-order chi connectivity index (χ0) is 16.1. The van der Waals surface area contributed by atoms with Crippen LogP contribution in [0.5, 0.6) is 0 Å². The number of aromatic nitrogens is 1. The molecule has 0 bridgehead atoms. The lowest BCUT2D eigenvalue weighted by atomic mass is 10.1. The van der Waals surface area contributed by atoms with Crippen LogP contribution in [-0.2, 0) is 9.59 Å². The fourth-order valence-corrected chi connectivity index (χ4v) is 3.86. The maximum atomic E-state index is 9.10. The molecule has 118 valence electrons. The summed E-state index contributed by atoms with van der Waals surface area (Å²) in [5, 5.41) is 20.4. The zero-order valence-electron chi connectivity index (χ0n) is 11.9. The molecule has 6 nitrogen and oxygen atoms in total. The predicted molar refractivity (Wildman–Crippen MR) is 85.6 cm³/mol. The lowest BCUT2D eigenvalue weighted by molar-refractivity contribution is -0.159. The van der Waals surface area contributed by atoms with E-state index in [2.05, 4.69) is 34.8 Å². The number of carbonyl (C=O) groups is 2. The fourth-order valence-electron chi connectivity index (χ4n) is 2.15. The number of hydrogen-bond acceptors (Lipinski definition) is 6. The van der Waals surface area contributed by atoms with Crippen LogP contribution in [0.2, 0.25) is 0 Å². The molecule has 1 atom stereocenters. The third-order valence-corrected chi connectivity index (χ3v) is 5.12. The van der Waals surface area contributed by atoms with E-state index in [4.69, 9.17) is 24.8 Å². The van der Waals surface area contributed by atoms with E-state index < -0.39 is 11.9 Å². The normalized spacial score (nSPS) is 17.8. The minimum atomic E-state index is -1.82. The van der Waals surface area contributed by atoms with Gasteiger partial charge in [0.1, 0.15) is 0 Å². The predicted octanol–water partition coefficient (Wildman–Crippen LogP) is 2.45. The van der Waals surface area contributed by atoms with Gasteiger partial charge in [0.2, 0.25) is 0 Å². The fraction of sp³-hybridized carbons (Fsp3) is 0.357. The molecule has 1 aliphatic heterocycles. The number of thiazole rings is 1. The minimum Gasteiger partial charge on any atom is -0.473 e. The lowest BCUT2D eigenvalue weighted by Crippen LogP contribution is -2.13. The molecule has 2 aromatic heterocycles. The van der Waals surface area contributed by atoms with Crippen molar-refractivity contribution >= 4 is 34.6 Å². The van der Waals surface area contributed by atoms with Crippen molar-refractivity contribution in [3.05, 3.63) is 27.9 Å². The molecule has 0 aromatic carbocycles. The van der Waals surface area contributed by atoms with Gasteiger partial charge in [0, 0.05) is 17.8 Å². The Labute approximate surface area is 135 Å². The van der Waals surface area contributed by atoms with Gasteiger partial charge in [-0.2, -0.15) is 0 Å². The standard InChI is InChI=1S/C12H14N2S2.C2H2O4/c1-14-5-4-9(7-14)12-13-10(8-16-12)11-3-2-6-15-11;3-1(4)2(5)6/h2-3,6,8-9H,4-5,7H2,1H3;(H,3,4)(H,5,6). The van der Waals surface area contributed by atoms with E-state index in [1.54, 1.807) is 11.3 Å². The van der Waals surface area contributed by atoms with Gasteiger partial charge >= 0.3 is 11.9 Å². The summed E-state index contributed by atoms with van der Waals surface area (Å²) in [6.45, 7) is 2.37. The summed E-state index contributed by atoms with van der Waals surface area (Å²) in [7, 11) is 2.19. The lowest BCUT2D eigenvalue weighted by Gasteiger charge is -2.06. The third-order valence-electron chi connectivity index (χ3n) is 3.22. The second-order valence-corrected chi connectivity index (χ2v) is 6.74. The molecule has 1 fully saturated rings. The summed E-state index contributed by atoms with van der Waals surface area (Å²) in [6.07, 6.45) is 1.26. The highest BCUT2D eigenvalue weighted by atomic mass is 32.1. The van der Waals surface area contributed by atoms with Crippen LogP contribution < -0.4 is 0 Å². The Bertz CT molecular complexity index is 627. The van der Waals surface area contributed by atoms with Gasteiger partial charge in [0.25, 0.3) is 0 Å². The summed E-state index contributed by atoms with van der Waals surface area (Å²) >= 11 is 3.58. The highest BCUT2D eigenvalue weighted by Gasteiger charge is 2.23. The number of likely N-dealkylation sites (tertiary alicyclic amines) is 1. The van der Waals surface area contributed by atoms with E-state index in [-0.39, 0.29) is 0 Å². The first-order chi connectivity index (χ1) is 10.5. The van der Waals surface area contributed by atoms with Crippen LogP contribution in [0.4, 0.5) is 0 Å². The molecule has 1 saturated heterocycles. The molecule has 22 heavy (non-hydrogen) atoms. The number of likely N-dealkylation sites (N-methyl/N-ethyl adjacent to an activating group) is 1. The molecule has 0 amide bonds. The van der Waals surface area contributed by atoms with Crippen LogP contribution in [0.25, 0.3) is 10.6 Å². The molecule has 3 heterocycles. The van der Waals surface area contributed by atoms with Crippen molar-refractivity contribution in [3.63, 3.8) is 0 Å². The van der Waals surface area contributed by atoms with Crippen LogP contribution >= 0.6 is 22.7 Å². The topological polar surface area (TPSA) is 90.7 Å². The van der Waals surface area contributed by atoms with Crippen LogP contribution in [0.3, 0.4) is 0 Å². The molecule has 0 spiro atoms. The van der Waals surface area contributed by atoms with E-state index in [0.29, 0.717) is 5.92 Å². The van der Waals surface area contributed by atoms with Crippen molar-refractivity contribution < 1.29 is 19.8 Å². The van der Waals surface area contributed by atoms with Crippen LogP contribution in [0, 0.1) is 0 Å². The average Bonchev–Trinajstić information content (AvgIpc) is 3.19. The van der Waals surface area contributed by atoms with Gasteiger partial charge in [-0.05, 0) is 31.5 Å². The van der Waals surface area contributed by atoms with E-state index in [1.807, 2.05) is 11.3 Å². The van der Waals surface area contributed by atoms with Crippen molar-refractivity contribution in [1.82, 2.24) is 9.88 Å². The number of carboxylic acids is 2. The van der Waals surface area contributed by atoms with Crippen molar-refractivity contribution in [2.75, 3.05) is 20.1 Å². The average molecular weight is 340 g/mol. The van der Waals surface area contributed by atoms with Crippen molar-refractivity contribution in [2.45, 2.75) is 12.3 Å². The maximum Gasteiger partial charge on any atom is 0.414 e. The number of rotatable bonds is 2. The van der Waals surface area contributed by atoms with Gasteiger partial charge < -0.3 is 15.1 Å². The Hall–Kier alpha value is -1.77. The molecule has 0 saturated carbocycles. The first-order valence-electron chi connectivity index (χ1n) is 6.61. The summed E-state index contributed by atoms with van der Waals surface area (Å²) in [4.78, 5) is 26.6. The van der Waals surface area contributed by atoms with Gasteiger partial charge in [-0.3, -0.25) is 0 Å². The first-order valence-corrected chi connectivity index (χ1v) is 8.37. The molecule has 8 heteroatoms.